The molecule has 28 heavy (non-hydrogen) atoms. The summed E-state index contributed by atoms with van der Waals surface area (Å²) in [5.74, 6) is -1.49. The van der Waals surface area contributed by atoms with Gasteiger partial charge < -0.3 is 33.7 Å². The Labute approximate surface area is 164 Å². The molecule has 0 aromatic heterocycles. The molecule has 1 N–H and O–H groups in total. The molecule has 1 aromatic carbocycles. The Bertz CT molecular complexity index is 708. The second kappa shape index (κ2) is 7.27. The maximum absolute atomic E-state index is 12.5. The average molecular weight is 393 g/mol. The summed E-state index contributed by atoms with van der Waals surface area (Å²) in [6, 6.07) is 9.01. The molecule has 3 saturated heterocycles. The van der Waals surface area contributed by atoms with E-state index < -0.39 is 42.2 Å². The summed E-state index contributed by atoms with van der Waals surface area (Å²) in [4.78, 5) is 12.5. The lowest BCUT2D eigenvalue weighted by atomic mass is 10.0. The van der Waals surface area contributed by atoms with Gasteiger partial charge in [0, 0.05) is 0 Å². The first-order valence-electron chi connectivity index (χ1n) is 9.53. The van der Waals surface area contributed by atoms with Crippen LogP contribution in [0.2, 0.25) is 0 Å². The van der Waals surface area contributed by atoms with Crippen molar-refractivity contribution in [2.75, 3.05) is 6.61 Å². The van der Waals surface area contributed by atoms with Crippen LogP contribution in [0.3, 0.4) is 0 Å². The predicted octanol–water partition coefficient (Wildman–Crippen LogP) is 2.31. The molecule has 8 heteroatoms. The van der Waals surface area contributed by atoms with E-state index in [1.165, 1.54) is 0 Å². The standard InChI is InChI=1S/C20H27NO7/c1-19(2)24-11-13(26-19)15-14(16-17(25-15)28-20(3,4)27-16)21-18(22)23-10-12-8-6-5-7-9-12/h5-9,13-17H,10-11H2,1-4H3,(H,21,22)/t13-,14+,15-,16-,17+/m1/s1. The molecule has 0 spiro atoms. The van der Waals surface area contributed by atoms with Crippen LogP contribution in [-0.2, 0) is 35.0 Å². The number of carbonyl (C=O) groups is 1. The third kappa shape index (κ3) is 4.16. The number of amides is 1. The molecule has 3 fully saturated rings. The molecule has 0 saturated carbocycles. The Morgan fingerprint density at radius 1 is 1.07 bits per heavy atom. The first-order chi connectivity index (χ1) is 13.2. The molecule has 4 rings (SSSR count). The summed E-state index contributed by atoms with van der Waals surface area (Å²) in [6.07, 6.45) is -2.43. The van der Waals surface area contributed by atoms with Crippen LogP contribution in [0, 0.1) is 0 Å². The van der Waals surface area contributed by atoms with Crippen molar-refractivity contribution in [3.8, 4) is 0 Å². The zero-order valence-corrected chi connectivity index (χ0v) is 16.5. The molecular weight excluding hydrogens is 366 g/mol. The summed E-state index contributed by atoms with van der Waals surface area (Å²) in [7, 11) is 0. The highest BCUT2D eigenvalue weighted by molar-refractivity contribution is 5.68. The predicted molar refractivity (Wildman–Crippen MR) is 97.2 cm³/mol. The van der Waals surface area contributed by atoms with Crippen LogP contribution in [0.4, 0.5) is 4.79 Å². The molecule has 8 nitrogen and oxygen atoms in total. The monoisotopic (exact) mass is 393 g/mol. The molecule has 154 valence electrons. The van der Waals surface area contributed by atoms with Crippen molar-refractivity contribution in [1.29, 1.82) is 0 Å². The molecule has 0 radical (unpaired) electrons. The number of rotatable bonds is 4. The van der Waals surface area contributed by atoms with E-state index in [-0.39, 0.29) is 12.7 Å². The van der Waals surface area contributed by atoms with Gasteiger partial charge in [0.05, 0.1) is 12.6 Å². The van der Waals surface area contributed by atoms with Gasteiger partial charge in [-0.1, -0.05) is 30.3 Å². The van der Waals surface area contributed by atoms with Crippen molar-refractivity contribution in [3.63, 3.8) is 0 Å². The molecule has 3 heterocycles. The number of carbonyl (C=O) groups excluding carboxylic acids is 1. The first-order valence-corrected chi connectivity index (χ1v) is 9.53. The lowest BCUT2D eigenvalue weighted by Crippen LogP contribution is -2.52. The van der Waals surface area contributed by atoms with Gasteiger partial charge in [0.1, 0.15) is 24.9 Å². The molecule has 0 unspecified atom stereocenters. The van der Waals surface area contributed by atoms with Gasteiger partial charge in [0.15, 0.2) is 17.9 Å². The molecule has 0 aliphatic carbocycles. The fourth-order valence-corrected chi connectivity index (χ4v) is 3.79. The molecule has 1 aromatic rings. The van der Waals surface area contributed by atoms with Crippen LogP contribution in [0.15, 0.2) is 30.3 Å². The van der Waals surface area contributed by atoms with Gasteiger partial charge in [-0.15, -0.1) is 0 Å². The molecule has 3 aliphatic rings. The molecule has 3 aliphatic heterocycles. The first kappa shape index (κ1) is 19.6. The van der Waals surface area contributed by atoms with E-state index in [0.717, 1.165) is 5.56 Å². The Balaban J connectivity index is 1.43. The van der Waals surface area contributed by atoms with Gasteiger partial charge in [-0.05, 0) is 33.3 Å². The highest BCUT2D eigenvalue weighted by atomic mass is 16.8. The van der Waals surface area contributed by atoms with Crippen LogP contribution >= 0.6 is 0 Å². The smallest absolute Gasteiger partial charge is 0.407 e. The summed E-state index contributed by atoms with van der Waals surface area (Å²) >= 11 is 0. The van der Waals surface area contributed by atoms with Crippen molar-refractivity contribution in [3.05, 3.63) is 35.9 Å². The number of ether oxygens (including phenoxy) is 6. The van der Waals surface area contributed by atoms with E-state index in [9.17, 15) is 4.79 Å². The van der Waals surface area contributed by atoms with E-state index in [2.05, 4.69) is 5.32 Å². The van der Waals surface area contributed by atoms with E-state index in [1.807, 2.05) is 58.0 Å². The maximum Gasteiger partial charge on any atom is 0.407 e. The normalized spacial score (nSPS) is 35.5. The number of hydrogen-bond donors (Lipinski definition) is 1. The maximum atomic E-state index is 12.5. The van der Waals surface area contributed by atoms with E-state index in [4.69, 9.17) is 28.4 Å². The molecule has 1 amide bonds. The van der Waals surface area contributed by atoms with Gasteiger partial charge in [-0.25, -0.2) is 4.79 Å². The van der Waals surface area contributed by atoms with Gasteiger partial charge in [-0.2, -0.15) is 0 Å². The van der Waals surface area contributed by atoms with Gasteiger partial charge in [-0.3, -0.25) is 0 Å². The van der Waals surface area contributed by atoms with Crippen molar-refractivity contribution in [2.24, 2.45) is 0 Å². The largest absolute Gasteiger partial charge is 0.445 e. The third-order valence-corrected chi connectivity index (χ3v) is 4.98. The highest BCUT2D eigenvalue weighted by Gasteiger charge is 2.58. The minimum atomic E-state index is -0.791. The van der Waals surface area contributed by atoms with Gasteiger partial charge in [0.2, 0.25) is 0 Å². The topological polar surface area (TPSA) is 84.5 Å². The number of alkyl carbamates (subject to hydrolysis) is 1. The number of hydrogen-bond acceptors (Lipinski definition) is 7. The SMILES string of the molecule is CC1(C)O[C@@H]2O[C@H]([C@H]3COC(C)(C)O3)[C@H](NC(=O)OCc3ccccc3)[C@H]2O1. The van der Waals surface area contributed by atoms with Crippen molar-refractivity contribution in [1.82, 2.24) is 5.32 Å². The zero-order valence-electron chi connectivity index (χ0n) is 16.5. The second-order valence-corrected chi connectivity index (χ2v) is 8.17. The number of benzene rings is 1. The lowest BCUT2D eigenvalue weighted by molar-refractivity contribution is -0.223. The minimum Gasteiger partial charge on any atom is -0.445 e. The Kier molecular flexibility index (Phi) is 5.09. The van der Waals surface area contributed by atoms with Crippen LogP contribution in [-0.4, -0.2) is 54.9 Å². The Morgan fingerprint density at radius 3 is 2.50 bits per heavy atom. The van der Waals surface area contributed by atoms with Crippen LogP contribution in [0.5, 0.6) is 0 Å². The molecular formula is C20H27NO7. The van der Waals surface area contributed by atoms with Crippen LogP contribution in [0.1, 0.15) is 33.3 Å². The number of nitrogens with one attached hydrogen (secondary N) is 1. The van der Waals surface area contributed by atoms with Crippen molar-refractivity contribution < 1.29 is 33.2 Å². The van der Waals surface area contributed by atoms with Crippen LogP contribution < -0.4 is 5.32 Å². The fraction of sp³-hybridized carbons (Fsp3) is 0.650. The van der Waals surface area contributed by atoms with Crippen LogP contribution in [0.25, 0.3) is 0 Å². The fourth-order valence-electron chi connectivity index (χ4n) is 3.79. The van der Waals surface area contributed by atoms with Crippen molar-refractivity contribution in [2.45, 2.75) is 76.5 Å². The van der Waals surface area contributed by atoms with Gasteiger partial charge >= 0.3 is 6.09 Å². The van der Waals surface area contributed by atoms with Crippen molar-refractivity contribution >= 4 is 6.09 Å². The van der Waals surface area contributed by atoms with Gasteiger partial charge in [0.25, 0.3) is 0 Å². The Morgan fingerprint density at radius 2 is 1.82 bits per heavy atom. The highest BCUT2D eigenvalue weighted by Crippen LogP contribution is 2.40. The summed E-state index contributed by atoms with van der Waals surface area (Å²) in [5, 5.41) is 2.89. The number of fused-ring (bicyclic) bond motifs is 1. The lowest BCUT2D eigenvalue weighted by Gasteiger charge is -2.29. The van der Waals surface area contributed by atoms with E-state index in [1.54, 1.807) is 0 Å². The quantitative estimate of drug-likeness (QED) is 0.840. The molecule has 5 atom stereocenters. The second-order valence-electron chi connectivity index (χ2n) is 8.17. The third-order valence-electron chi connectivity index (χ3n) is 4.98. The summed E-state index contributed by atoms with van der Waals surface area (Å²) in [5.41, 5.74) is 0.908. The van der Waals surface area contributed by atoms with E-state index in [0.29, 0.717) is 6.61 Å². The Hall–Kier alpha value is -1.71. The summed E-state index contributed by atoms with van der Waals surface area (Å²) in [6.45, 7) is 7.85. The van der Waals surface area contributed by atoms with E-state index >= 15 is 0 Å². The summed E-state index contributed by atoms with van der Waals surface area (Å²) < 4.78 is 34.8. The minimum absolute atomic E-state index is 0.179. The molecule has 0 bridgehead atoms. The zero-order chi connectivity index (χ0) is 19.9. The average Bonchev–Trinajstić information content (AvgIpc) is 3.24.